The van der Waals surface area contributed by atoms with Crippen molar-refractivity contribution in [2.24, 2.45) is 0 Å². The molecule has 0 fully saturated rings. The zero-order chi connectivity index (χ0) is 23.1. The molecule has 3 aromatic rings. The summed E-state index contributed by atoms with van der Waals surface area (Å²) in [4.78, 5) is 28.3. The van der Waals surface area contributed by atoms with Gasteiger partial charge < -0.3 is 14.8 Å². The van der Waals surface area contributed by atoms with Crippen LogP contribution in [0.4, 0.5) is 15.8 Å². The van der Waals surface area contributed by atoms with Gasteiger partial charge in [0.05, 0.1) is 11.3 Å². The van der Waals surface area contributed by atoms with Crippen molar-refractivity contribution in [3.63, 3.8) is 0 Å². The lowest BCUT2D eigenvalue weighted by atomic mass is 9.97. The second-order valence-electron chi connectivity index (χ2n) is 7.97. The zero-order valence-electron chi connectivity index (χ0n) is 18.1. The van der Waals surface area contributed by atoms with Crippen molar-refractivity contribution >= 4 is 28.8 Å². The molecule has 2 aliphatic rings. The normalized spacial score (nSPS) is 15.3. The second kappa shape index (κ2) is 8.09. The van der Waals surface area contributed by atoms with Crippen LogP contribution in [0.2, 0.25) is 0 Å². The molecule has 2 heterocycles. The molecule has 2 amide bonds. The molecule has 6 nitrogen and oxygen atoms in total. The molecule has 3 aromatic carbocycles. The predicted octanol–water partition coefficient (Wildman–Crippen LogP) is 4.61. The highest BCUT2D eigenvalue weighted by molar-refractivity contribution is 6.46. The summed E-state index contributed by atoms with van der Waals surface area (Å²) in [7, 11) is 0. The van der Waals surface area contributed by atoms with E-state index in [0.29, 0.717) is 41.7 Å². The third-order valence-electron chi connectivity index (χ3n) is 5.63. The number of aryl methyl sites for hydroxylation is 2. The molecule has 166 valence electrons. The Morgan fingerprint density at radius 1 is 0.848 bits per heavy atom. The fourth-order valence-corrected chi connectivity index (χ4v) is 4.07. The fourth-order valence-electron chi connectivity index (χ4n) is 4.07. The van der Waals surface area contributed by atoms with Crippen LogP contribution in [0.5, 0.6) is 11.5 Å². The van der Waals surface area contributed by atoms with E-state index in [9.17, 15) is 14.0 Å². The van der Waals surface area contributed by atoms with E-state index < -0.39 is 17.6 Å². The Labute approximate surface area is 190 Å². The molecular formula is C26H21FN2O4. The zero-order valence-corrected chi connectivity index (χ0v) is 18.1. The van der Waals surface area contributed by atoms with Gasteiger partial charge in [0, 0.05) is 11.8 Å². The summed E-state index contributed by atoms with van der Waals surface area (Å²) in [6, 6.07) is 16.3. The third kappa shape index (κ3) is 3.71. The van der Waals surface area contributed by atoms with Gasteiger partial charge in [-0.25, -0.2) is 9.29 Å². The van der Waals surface area contributed by atoms with Crippen molar-refractivity contribution < 1.29 is 23.5 Å². The molecule has 0 aliphatic carbocycles. The maximum absolute atomic E-state index is 13.7. The average Bonchev–Trinajstić information content (AvgIpc) is 3.04. The van der Waals surface area contributed by atoms with Crippen LogP contribution in [0.15, 0.2) is 66.4 Å². The summed E-state index contributed by atoms with van der Waals surface area (Å²) >= 11 is 0. The maximum Gasteiger partial charge on any atom is 0.282 e. The highest BCUT2D eigenvalue weighted by Crippen LogP contribution is 2.39. The number of imide groups is 1. The SMILES string of the molecule is Cc1ccc(C2=C(Nc3ccc(F)cc3)C(=O)N(c3ccc4c(c3)OCCO4)C2=O)c(C)c1. The molecule has 0 spiro atoms. The van der Waals surface area contributed by atoms with Crippen LogP contribution in [0.1, 0.15) is 16.7 Å². The highest BCUT2D eigenvalue weighted by Gasteiger charge is 2.41. The summed E-state index contributed by atoms with van der Waals surface area (Å²) in [5.74, 6) is -0.302. The Hall–Kier alpha value is -4.13. The van der Waals surface area contributed by atoms with Gasteiger partial charge in [0.2, 0.25) is 0 Å². The van der Waals surface area contributed by atoms with E-state index in [2.05, 4.69) is 5.32 Å². The Morgan fingerprint density at radius 3 is 2.30 bits per heavy atom. The predicted molar refractivity (Wildman–Crippen MR) is 123 cm³/mol. The second-order valence-corrected chi connectivity index (χ2v) is 7.97. The molecule has 0 unspecified atom stereocenters. The smallest absolute Gasteiger partial charge is 0.282 e. The first-order chi connectivity index (χ1) is 15.9. The van der Waals surface area contributed by atoms with E-state index in [1.807, 2.05) is 32.0 Å². The lowest BCUT2D eigenvalue weighted by Gasteiger charge is -2.21. The van der Waals surface area contributed by atoms with Crippen molar-refractivity contribution in [2.75, 3.05) is 23.4 Å². The molecule has 0 saturated heterocycles. The number of halogens is 1. The first kappa shape index (κ1) is 20.8. The van der Waals surface area contributed by atoms with Crippen molar-refractivity contribution in [2.45, 2.75) is 13.8 Å². The number of hydrogen-bond donors (Lipinski definition) is 1. The van der Waals surface area contributed by atoms with E-state index in [1.165, 1.54) is 24.3 Å². The molecule has 7 heteroatoms. The number of nitrogens with one attached hydrogen (secondary N) is 1. The molecule has 0 atom stereocenters. The van der Waals surface area contributed by atoms with E-state index in [4.69, 9.17) is 9.47 Å². The fraction of sp³-hybridized carbons (Fsp3) is 0.154. The molecule has 0 radical (unpaired) electrons. The lowest BCUT2D eigenvalue weighted by molar-refractivity contribution is -0.120. The van der Waals surface area contributed by atoms with Gasteiger partial charge in [-0.15, -0.1) is 0 Å². The Bertz CT molecular complexity index is 1310. The molecule has 0 saturated carbocycles. The maximum atomic E-state index is 13.7. The first-order valence-corrected chi connectivity index (χ1v) is 10.6. The van der Waals surface area contributed by atoms with Gasteiger partial charge in [-0.1, -0.05) is 23.8 Å². The van der Waals surface area contributed by atoms with Gasteiger partial charge >= 0.3 is 0 Å². The lowest BCUT2D eigenvalue weighted by Crippen LogP contribution is -2.32. The Balaban J connectivity index is 1.61. The standard InChI is InChI=1S/C26H21FN2O4/c1-15-3-9-20(16(2)13-15)23-24(28-18-6-4-17(27)5-7-18)26(31)29(25(23)30)19-8-10-21-22(14-19)33-12-11-32-21/h3-10,13-14,28H,11-12H2,1-2H3. The number of anilines is 2. The third-order valence-corrected chi connectivity index (χ3v) is 5.63. The van der Waals surface area contributed by atoms with Crippen LogP contribution < -0.4 is 19.7 Å². The Morgan fingerprint density at radius 2 is 1.58 bits per heavy atom. The summed E-state index contributed by atoms with van der Waals surface area (Å²) in [6.07, 6.45) is 0. The highest BCUT2D eigenvalue weighted by atomic mass is 19.1. The number of ether oxygens (including phenoxy) is 2. The number of carbonyl (C=O) groups excluding carboxylic acids is 2. The Kier molecular flexibility index (Phi) is 5.09. The topological polar surface area (TPSA) is 67.9 Å². The molecule has 33 heavy (non-hydrogen) atoms. The number of nitrogens with zero attached hydrogens (tertiary/aromatic N) is 1. The number of fused-ring (bicyclic) bond motifs is 1. The van der Waals surface area contributed by atoms with Crippen LogP contribution in [0.25, 0.3) is 5.57 Å². The van der Waals surface area contributed by atoms with Gasteiger partial charge in [-0.05, 0) is 61.4 Å². The van der Waals surface area contributed by atoms with Crippen molar-refractivity contribution in [3.05, 3.63) is 88.9 Å². The van der Waals surface area contributed by atoms with E-state index >= 15 is 0 Å². The van der Waals surface area contributed by atoms with Crippen molar-refractivity contribution in [3.8, 4) is 11.5 Å². The molecule has 1 N–H and O–H groups in total. The summed E-state index contributed by atoms with van der Waals surface area (Å²) in [5, 5.41) is 3.05. The van der Waals surface area contributed by atoms with Gasteiger partial charge in [0.25, 0.3) is 11.8 Å². The minimum absolute atomic E-state index is 0.133. The summed E-state index contributed by atoms with van der Waals surface area (Å²) in [6.45, 7) is 4.70. The largest absolute Gasteiger partial charge is 0.486 e. The first-order valence-electron chi connectivity index (χ1n) is 10.6. The number of hydrogen-bond acceptors (Lipinski definition) is 5. The van der Waals surface area contributed by atoms with Crippen LogP contribution in [0.3, 0.4) is 0 Å². The molecule has 2 aliphatic heterocycles. The number of benzene rings is 3. The van der Waals surface area contributed by atoms with Crippen molar-refractivity contribution in [1.29, 1.82) is 0 Å². The average molecular weight is 444 g/mol. The van der Waals surface area contributed by atoms with Crippen LogP contribution >= 0.6 is 0 Å². The molecular weight excluding hydrogens is 423 g/mol. The van der Waals surface area contributed by atoms with Gasteiger partial charge in [-0.3, -0.25) is 9.59 Å². The van der Waals surface area contributed by atoms with Crippen LogP contribution in [0, 0.1) is 19.7 Å². The van der Waals surface area contributed by atoms with Gasteiger partial charge in [0.15, 0.2) is 11.5 Å². The van der Waals surface area contributed by atoms with Crippen molar-refractivity contribution in [1.82, 2.24) is 0 Å². The molecule has 0 aromatic heterocycles. The number of rotatable bonds is 4. The minimum atomic E-state index is -0.504. The minimum Gasteiger partial charge on any atom is -0.486 e. The quantitative estimate of drug-likeness (QED) is 0.596. The number of carbonyl (C=O) groups is 2. The van der Waals surface area contributed by atoms with Crippen LogP contribution in [-0.2, 0) is 9.59 Å². The van der Waals surface area contributed by atoms with E-state index in [-0.39, 0.29) is 11.3 Å². The van der Waals surface area contributed by atoms with E-state index in [0.717, 1.165) is 16.0 Å². The van der Waals surface area contributed by atoms with E-state index in [1.54, 1.807) is 18.2 Å². The monoisotopic (exact) mass is 444 g/mol. The van der Waals surface area contributed by atoms with Gasteiger partial charge in [0.1, 0.15) is 24.7 Å². The molecule has 0 bridgehead atoms. The van der Waals surface area contributed by atoms with Crippen LogP contribution in [-0.4, -0.2) is 25.0 Å². The van der Waals surface area contributed by atoms with Gasteiger partial charge in [-0.2, -0.15) is 0 Å². The number of amides is 2. The summed E-state index contributed by atoms with van der Waals surface area (Å²) < 4.78 is 24.6. The molecule has 5 rings (SSSR count). The summed E-state index contributed by atoms with van der Waals surface area (Å²) in [5.41, 5.74) is 3.85.